The number of nitrogens with zero attached hydrogens (tertiary/aromatic N) is 1. The largest absolute Gasteiger partial charge is 0.381 e. The van der Waals surface area contributed by atoms with Gasteiger partial charge in [0.1, 0.15) is 6.10 Å². The first kappa shape index (κ1) is 11.6. The number of carbonyl (C=O) groups excluding carboxylic acids is 1. The first-order valence-corrected chi connectivity index (χ1v) is 6.82. The van der Waals surface area contributed by atoms with E-state index >= 15 is 0 Å². The summed E-state index contributed by atoms with van der Waals surface area (Å²) in [6.45, 7) is 4.18. The molecule has 2 unspecified atom stereocenters. The summed E-state index contributed by atoms with van der Waals surface area (Å²) in [6.07, 6.45) is 4.07. The Hall–Kier alpha value is -0.450. The normalized spacial score (nSPS) is 35.8. The molecule has 0 radical (unpaired) electrons. The molecule has 3 saturated heterocycles. The van der Waals surface area contributed by atoms with E-state index in [4.69, 9.17) is 9.47 Å². The smallest absolute Gasteiger partial charge is 0.166 e. The standard InChI is InChI=1S/C13H21NO3/c15-13(10-3-6-16-7-4-10)12-8-14-5-1-2-11(14)9-17-12/h10-12H,1-9H2. The van der Waals surface area contributed by atoms with Crippen LogP contribution < -0.4 is 0 Å². The SMILES string of the molecule is O=C(C1CCOCC1)C1CN2CCCC2CO1. The quantitative estimate of drug-likeness (QED) is 0.716. The van der Waals surface area contributed by atoms with E-state index in [1.165, 1.54) is 12.8 Å². The number of carbonyl (C=O) groups is 1. The molecular formula is C13H21NO3. The summed E-state index contributed by atoms with van der Waals surface area (Å²) < 4.78 is 11.1. The van der Waals surface area contributed by atoms with Crippen LogP contribution >= 0.6 is 0 Å². The number of ketones is 1. The average Bonchev–Trinajstić information content (AvgIpc) is 2.86. The summed E-state index contributed by atoms with van der Waals surface area (Å²) in [7, 11) is 0. The van der Waals surface area contributed by atoms with Crippen LogP contribution in [0.4, 0.5) is 0 Å². The Morgan fingerprint density at radius 1 is 1.18 bits per heavy atom. The number of morpholine rings is 1. The fourth-order valence-corrected chi connectivity index (χ4v) is 3.23. The van der Waals surface area contributed by atoms with Gasteiger partial charge in [-0.3, -0.25) is 9.69 Å². The highest BCUT2D eigenvalue weighted by Gasteiger charge is 2.37. The summed E-state index contributed by atoms with van der Waals surface area (Å²) in [5, 5.41) is 0. The van der Waals surface area contributed by atoms with Crippen molar-refractivity contribution in [3.63, 3.8) is 0 Å². The zero-order chi connectivity index (χ0) is 11.7. The molecule has 0 aliphatic carbocycles. The van der Waals surface area contributed by atoms with E-state index in [9.17, 15) is 4.79 Å². The highest BCUT2D eigenvalue weighted by atomic mass is 16.5. The van der Waals surface area contributed by atoms with Crippen LogP contribution in [0.3, 0.4) is 0 Å². The molecule has 0 amide bonds. The number of Topliss-reactive ketones (excluding diaryl/α,β-unsaturated/α-hetero) is 1. The lowest BCUT2D eigenvalue weighted by Crippen LogP contribution is -2.50. The lowest BCUT2D eigenvalue weighted by molar-refractivity contribution is -0.145. The molecule has 96 valence electrons. The van der Waals surface area contributed by atoms with E-state index in [0.717, 1.165) is 45.8 Å². The summed E-state index contributed by atoms with van der Waals surface area (Å²) in [5.41, 5.74) is 0. The lowest BCUT2D eigenvalue weighted by atomic mass is 9.91. The van der Waals surface area contributed by atoms with Crippen molar-refractivity contribution in [3.05, 3.63) is 0 Å². The van der Waals surface area contributed by atoms with Crippen molar-refractivity contribution in [1.29, 1.82) is 0 Å². The molecule has 0 spiro atoms. The minimum Gasteiger partial charge on any atom is -0.381 e. The van der Waals surface area contributed by atoms with Crippen molar-refractivity contribution >= 4 is 5.78 Å². The van der Waals surface area contributed by atoms with Crippen molar-refractivity contribution in [2.24, 2.45) is 5.92 Å². The highest BCUT2D eigenvalue weighted by Crippen LogP contribution is 2.26. The van der Waals surface area contributed by atoms with Crippen LogP contribution in [0.1, 0.15) is 25.7 Å². The maximum atomic E-state index is 12.3. The molecule has 3 rings (SSSR count). The number of ether oxygens (including phenoxy) is 2. The van der Waals surface area contributed by atoms with E-state index in [-0.39, 0.29) is 12.0 Å². The van der Waals surface area contributed by atoms with Crippen LogP contribution in [-0.4, -0.2) is 55.7 Å². The topological polar surface area (TPSA) is 38.8 Å². The molecule has 3 heterocycles. The van der Waals surface area contributed by atoms with Crippen LogP contribution in [0.5, 0.6) is 0 Å². The zero-order valence-electron chi connectivity index (χ0n) is 10.3. The summed E-state index contributed by atoms with van der Waals surface area (Å²) in [5.74, 6) is 0.492. The summed E-state index contributed by atoms with van der Waals surface area (Å²) >= 11 is 0. The lowest BCUT2D eigenvalue weighted by Gasteiger charge is -2.36. The molecule has 3 aliphatic rings. The van der Waals surface area contributed by atoms with Gasteiger partial charge in [0.25, 0.3) is 0 Å². The Morgan fingerprint density at radius 2 is 2.00 bits per heavy atom. The van der Waals surface area contributed by atoms with Gasteiger partial charge >= 0.3 is 0 Å². The van der Waals surface area contributed by atoms with E-state index < -0.39 is 0 Å². The molecule has 4 nitrogen and oxygen atoms in total. The van der Waals surface area contributed by atoms with E-state index in [2.05, 4.69) is 4.90 Å². The van der Waals surface area contributed by atoms with Gasteiger partial charge in [-0.25, -0.2) is 0 Å². The molecule has 0 aromatic rings. The maximum absolute atomic E-state index is 12.3. The van der Waals surface area contributed by atoms with Crippen LogP contribution in [0, 0.1) is 5.92 Å². The van der Waals surface area contributed by atoms with E-state index in [0.29, 0.717) is 11.8 Å². The van der Waals surface area contributed by atoms with Gasteiger partial charge in [0, 0.05) is 31.7 Å². The van der Waals surface area contributed by atoms with Gasteiger partial charge in [-0.05, 0) is 32.2 Å². The second kappa shape index (κ2) is 5.04. The molecule has 3 fully saturated rings. The van der Waals surface area contributed by atoms with Crippen LogP contribution in [0.15, 0.2) is 0 Å². The van der Waals surface area contributed by atoms with E-state index in [1.807, 2.05) is 0 Å². The molecular weight excluding hydrogens is 218 g/mol. The third-order valence-electron chi connectivity index (χ3n) is 4.33. The van der Waals surface area contributed by atoms with Gasteiger partial charge in [-0.1, -0.05) is 0 Å². The predicted octanol–water partition coefficient (Wildman–Crippen LogP) is 0.845. The Bertz CT molecular complexity index is 288. The van der Waals surface area contributed by atoms with Gasteiger partial charge < -0.3 is 9.47 Å². The number of hydrogen-bond acceptors (Lipinski definition) is 4. The van der Waals surface area contributed by atoms with Gasteiger partial charge in [0.05, 0.1) is 6.61 Å². The summed E-state index contributed by atoms with van der Waals surface area (Å²) in [6, 6.07) is 0.578. The van der Waals surface area contributed by atoms with Crippen molar-refractivity contribution in [2.45, 2.75) is 37.8 Å². The third-order valence-corrected chi connectivity index (χ3v) is 4.33. The third kappa shape index (κ3) is 2.39. The van der Waals surface area contributed by atoms with Crippen molar-refractivity contribution in [3.8, 4) is 0 Å². The van der Waals surface area contributed by atoms with Crippen LogP contribution in [0.2, 0.25) is 0 Å². The fourth-order valence-electron chi connectivity index (χ4n) is 3.23. The molecule has 3 aliphatic heterocycles. The van der Waals surface area contributed by atoms with Gasteiger partial charge in [-0.2, -0.15) is 0 Å². The van der Waals surface area contributed by atoms with Crippen LogP contribution in [0.25, 0.3) is 0 Å². The molecule has 0 N–H and O–H groups in total. The van der Waals surface area contributed by atoms with Crippen molar-refractivity contribution in [1.82, 2.24) is 4.90 Å². The predicted molar refractivity (Wildman–Crippen MR) is 62.9 cm³/mol. The zero-order valence-corrected chi connectivity index (χ0v) is 10.3. The first-order valence-electron chi connectivity index (χ1n) is 6.82. The van der Waals surface area contributed by atoms with Gasteiger partial charge in [-0.15, -0.1) is 0 Å². The Morgan fingerprint density at radius 3 is 2.82 bits per heavy atom. The summed E-state index contributed by atoms with van der Waals surface area (Å²) in [4.78, 5) is 14.8. The molecule has 0 saturated carbocycles. The number of fused-ring (bicyclic) bond motifs is 1. The molecule has 4 heteroatoms. The van der Waals surface area contributed by atoms with Crippen molar-refractivity contribution < 1.29 is 14.3 Å². The number of rotatable bonds is 2. The monoisotopic (exact) mass is 239 g/mol. The van der Waals surface area contributed by atoms with Gasteiger partial charge in [0.15, 0.2) is 5.78 Å². The Kier molecular flexibility index (Phi) is 3.45. The van der Waals surface area contributed by atoms with Crippen LogP contribution in [-0.2, 0) is 14.3 Å². The molecule has 2 atom stereocenters. The Labute approximate surface area is 102 Å². The second-order valence-corrected chi connectivity index (χ2v) is 5.40. The molecule has 0 bridgehead atoms. The maximum Gasteiger partial charge on any atom is 0.166 e. The van der Waals surface area contributed by atoms with Crippen molar-refractivity contribution in [2.75, 3.05) is 32.9 Å². The minimum absolute atomic E-state index is 0.174. The Balaban J connectivity index is 1.58. The number of hydrogen-bond donors (Lipinski definition) is 0. The van der Waals surface area contributed by atoms with Gasteiger partial charge in [0.2, 0.25) is 0 Å². The molecule has 0 aromatic carbocycles. The highest BCUT2D eigenvalue weighted by molar-refractivity contribution is 5.85. The first-order chi connectivity index (χ1) is 8.34. The minimum atomic E-state index is -0.174. The molecule has 0 aromatic heterocycles. The second-order valence-electron chi connectivity index (χ2n) is 5.40. The average molecular weight is 239 g/mol. The van der Waals surface area contributed by atoms with E-state index in [1.54, 1.807) is 0 Å². The molecule has 17 heavy (non-hydrogen) atoms. The fraction of sp³-hybridized carbons (Fsp3) is 0.923.